The zero-order valence-corrected chi connectivity index (χ0v) is 28.6. The lowest BCUT2D eigenvalue weighted by molar-refractivity contribution is 0.143. The van der Waals surface area contributed by atoms with Gasteiger partial charge in [0.05, 0.1) is 0 Å². The van der Waals surface area contributed by atoms with Crippen molar-refractivity contribution in [3.8, 4) is 0 Å². The summed E-state index contributed by atoms with van der Waals surface area (Å²) in [7, 11) is 0. The van der Waals surface area contributed by atoms with Crippen molar-refractivity contribution < 1.29 is 9.84 Å². The van der Waals surface area contributed by atoms with Crippen LogP contribution in [0.5, 0.6) is 0 Å². The Morgan fingerprint density at radius 1 is 0.300 bits per heavy atom. The molecule has 0 rings (SSSR count). The minimum Gasteiger partial charge on any atom is -0.396 e. The highest BCUT2D eigenvalue weighted by atomic mass is 16.5. The second-order valence-electron chi connectivity index (χ2n) is 12.5. The summed E-state index contributed by atoms with van der Waals surface area (Å²) in [6.07, 6.45) is 45.3. The highest BCUT2D eigenvalue weighted by Crippen LogP contribution is 2.16. The number of hydrogen-bond acceptors (Lipinski definition) is 2. The van der Waals surface area contributed by atoms with Crippen LogP contribution < -0.4 is 0 Å². The third-order valence-electron chi connectivity index (χ3n) is 8.36. The molecule has 0 saturated heterocycles. The fourth-order valence-corrected chi connectivity index (χ4v) is 5.56. The van der Waals surface area contributed by atoms with Crippen LogP contribution in [0.15, 0.2) is 0 Å². The molecule has 0 aliphatic carbocycles. The topological polar surface area (TPSA) is 29.5 Å². The van der Waals surface area contributed by atoms with Crippen LogP contribution >= 0.6 is 0 Å². The van der Waals surface area contributed by atoms with Crippen LogP contribution in [-0.2, 0) is 4.74 Å². The van der Waals surface area contributed by atoms with Crippen LogP contribution in [0.1, 0.15) is 226 Å². The van der Waals surface area contributed by atoms with Crippen LogP contribution in [0.3, 0.4) is 0 Å². The highest BCUT2D eigenvalue weighted by Gasteiger charge is 1.96. The Morgan fingerprint density at radius 3 is 0.750 bits per heavy atom. The van der Waals surface area contributed by atoms with E-state index in [0.29, 0.717) is 6.61 Å². The standard InChI is InChI=1S/C30H62O.C8H18O/c1-2-3-4-5-6-7-8-9-10-11-12-13-14-15-16-17-18-19-20-21-22-23-24-25-26-27-28-29-30-31;1-3-5-6-7-8-9-4-2/h31H,2-30H2,1H3;3-8H2,1-2H3. The summed E-state index contributed by atoms with van der Waals surface area (Å²) in [5, 5.41) is 8.76. The molecule has 0 saturated carbocycles. The molecule has 40 heavy (non-hydrogen) atoms. The summed E-state index contributed by atoms with van der Waals surface area (Å²) in [6, 6.07) is 0. The van der Waals surface area contributed by atoms with E-state index < -0.39 is 0 Å². The van der Waals surface area contributed by atoms with Gasteiger partial charge in [0.1, 0.15) is 0 Å². The maximum Gasteiger partial charge on any atom is 0.0465 e. The lowest BCUT2D eigenvalue weighted by atomic mass is 10.0. The van der Waals surface area contributed by atoms with E-state index in [-0.39, 0.29) is 0 Å². The fourth-order valence-electron chi connectivity index (χ4n) is 5.56. The minimum absolute atomic E-state index is 0.374. The minimum atomic E-state index is 0.374. The predicted molar refractivity (Wildman–Crippen MR) is 183 cm³/mol. The van der Waals surface area contributed by atoms with Crippen molar-refractivity contribution in [3.05, 3.63) is 0 Å². The van der Waals surface area contributed by atoms with Gasteiger partial charge in [0.15, 0.2) is 0 Å². The smallest absolute Gasteiger partial charge is 0.0465 e. The van der Waals surface area contributed by atoms with Gasteiger partial charge in [-0.1, -0.05) is 206 Å². The summed E-state index contributed by atoms with van der Waals surface area (Å²) in [4.78, 5) is 0. The van der Waals surface area contributed by atoms with Crippen molar-refractivity contribution in [2.45, 2.75) is 226 Å². The zero-order chi connectivity index (χ0) is 29.5. The van der Waals surface area contributed by atoms with Crippen LogP contribution in [0, 0.1) is 0 Å². The Morgan fingerprint density at radius 2 is 0.525 bits per heavy atom. The lowest BCUT2D eigenvalue weighted by Gasteiger charge is -2.04. The number of ether oxygens (including phenoxy) is 1. The molecule has 0 unspecified atom stereocenters. The molecule has 0 aromatic rings. The summed E-state index contributed by atoms with van der Waals surface area (Å²) < 4.78 is 5.18. The summed E-state index contributed by atoms with van der Waals surface area (Å²) >= 11 is 0. The van der Waals surface area contributed by atoms with E-state index in [1.807, 2.05) is 6.92 Å². The van der Waals surface area contributed by atoms with Gasteiger partial charge in [-0.15, -0.1) is 0 Å². The third kappa shape index (κ3) is 44.9. The first kappa shape index (κ1) is 42.1. The van der Waals surface area contributed by atoms with Crippen molar-refractivity contribution in [3.63, 3.8) is 0 Å². The molecule has 0 spiro atoms. The second-order valence-corrected chi connectivity index (χ2v) is 12.5. The SMILES string of the molecule is CCCCCCCCCCCCCCCCCCCCCCCCCCCCCCO.CCCCCCOCC. The first-order chi connectivity index (χ1) is 19.8. The van der Waals surface area contributed by atoms with E-state index >= 15 is 0 Å². The Kier molecular flexibility index (Phi) is 45.6. The normalized spacial score (nSPS) is 11.1. The predicted octanol–water partition coefficient (Wildman–Crippen LogP) is 13.5. The molecule has 0 amide bonds. The van der Waals surface area contributed by atoms with Gasteiger partial charge in [0, 0.05) is 19.8 Å². The van der Waals surface area contributed by atoms with Crippen LogP contribution in [0.4, 0.5) is 0 Å². The average molecular weight is 569 g/mol. The van der Waals surface area contributed by atoms with Gasteiger partial charge in [-0.3, -0.25) is 0 Å². The Bertz CT molecular complexity index is 350. The van der Waals surface area contributed by atoms with Crippen molar-refractivity contribution in [2.75, 3.05) is 19.8 Å². The van der Waals surface area contributed by atoms with Crippen molar-refractivity contribution in [2.24, 2.45) is 0 Å². The summed E-state index contributed by atoms with van der Waals surface area (Å²) in [6.45, 7) is 8.76. The van der Waals surface area contributed by atoms with E-state index in [9.17, 15) is 0 Å². The Labute approximate surface area is 255 Å². The molecule has 244 valence electrons. The van der Waals surface area contributed by atoms with E-state index in [4.69, 9.17) is 9.84 Å². The van der Waals surface area contributed by atoms with Crippen LogP contribution in [-0.4, -0.2) is 24.9 Å². The molecule has 0 bridgehead atoms. The molecular weight excluding hydrogens is 488 g/mol. The molecule has 0 aliphatic rings. The second kappa shape index (κ2) is 43.4. The molecule has 0 radical (unpaired) electrons. The molecule has 0 aromatic carbocycles. The number of aliphatic hydroxyl groups excluding tert-OH is 1. The number of hydrogen-bond donors (Lipinski definition) is 1. The van der Waals surface area contributed by atoms with Crippen molar-refractivity contribution >= 4 is 0 Å². The maximum absolute atomic E-state index is 8.76. The Balaban J connectivity index is 0. The summed E-state index contributed by atoms with van der Waals surface area (Å²) in [5.74, 6) is 0. The number of rotatable bonds is 34. The average Bonchev–Trinajstić information content (AvgIpc) is 2.97. The van der Waals surface area contributed by atoms with Crippen molar-refractivity contribution in [1.82, 2.24) is 0 Å². The molecule has 1 N–H and O–H groups in total. The van der Waals surface area contributed by atoms with Gasteiger partial charge in [-0.25, -0.2) is 0 Å². The molecule has 0 fully saturated rings. The quantitative estimate of drug-likeness (QED) is 0.0782. The van der Waals surface area contributed by atoms with Gasteiger partial charge in [0.2, 0.25) is 0 Å². The highest BCUT2D eigenvalue weighted by molar-refractivity contribution is 4.52. The molecule has 0 atom stereocenters. The molecule has 0 aliphatic heterocycles. The van der Waals surface area contributed by atoms with Gasteiger partial charge in [-0.05, 0) is 19.8 Å². The van der Waals surface area contributed by atoms with Crippen LogP contribution in [0.2, 0.25) is 0 Å². The van der Waals surface area contributed by atoms with E-state index in [1.165, 1.54) is 199 Å². The zero-order valence-electron chi connectivity index (χ0n) is 28.6. The van der Waals surface area contributed by atoms with E-state index in [1.54, 1.807) is 0 Å². The first-order valence-corrected chi connectivity index (χ1v) is 19.0. The van der Waals surface area contributed by atoms with Gasteiger partial charge in [0.25, 0.3) is 0 Å². The molecule has 0 aromatic heterocycles. The molecule has 0 heterocycles. The van der Waals surface area contributed by atoms with Crippen molar-refractivity contribution in [1.29, 1.82) is 0 Å². The van der Waals surface area contributed by atoms with E-state index in [0.717, 1.165) is 19.6 Å². The maximum atomic E-state index is 8.76. The van der Waals surface area contributed by atoms with Gasteiger partial charge >= 0.3 is 0 Å². The molecule has 2 heteroatoms. The fraction of sp³-hybridized carbons (Fsp3) is 1.00. The number of unbranched alkanes of at least 4 members (excludes halogenated alkanes) is 30. The van der Waals surface area contributed by atoms with Crippen LogP contribution in [0.25, 0.3) is 0 Å². The van der Waals surface area contributed by atoms with E-state index in [2.05, 4.69) is 13.8 Å². The molecular formula is C38H80O2. The third-order valence-corrected chi connectivity index (χ3v) is 8.36. The number of aliphatic hydroxyl groups is 1. The largest absolute Gasteiger partial charge is 0.396 e. The van der Waals surface area contributed by atoms with Gasteiger partial charge in [-0.2, -0.15) is 0 Å². The lowest BCUT2D eigenvalue weighted by Crippen LogP contribution is -1.92. The van der Waals surface area contributed by atoms with Gasteiger partial charge < -0.3 is 9.84 Å². The summed E-state index contributed by atoms with van der Waals surface area (Å²) in [5.41, 5.74) is 0. The first-order valence-electron chi connectivity index (χ1n) is 19.0. The Hall–Kier alpha value is -0.0800. The monoisotopic (exact) mass is 569 g/mol. The molecule has 2 nitrogen and oxygen atoms in total.